The number of rotatable bonds is 6. The molecule has 0 aliphatic heterocycles. The lowest BCUT2D eigenvalue weighted by Crippen LogP contribution is -2.27. The first kappa shape index (κ1) is 40.3. The zero-order chi connectivity index (χ0) is 46.8. The summed E-state index contributed by atoms with van der Waals surface area (Å²) in [5, 5.41) is 6.96. The van der Waals surface area contributed by atoms with Crippen molar-refractivity contribution in [3.05, 3.63) is 257 Å². The number of aromatic nitrogens is 1. The average Bonchev–Trinajstić information content (AvgIpc) is 4.01. The number of para-hydroxylation sites is 2. The Bertz CT molecular complexity index is 4130. The normalized spacial score (nSPS) is 14.3. The minimum absolute atomic E-state index is 0.770. The highest BCUT2D eigenvalue weighted by molar-refractivity contribution is 6.21. The Labute approximate surface area is 407 Å². The number of aryl methyl sites for hydroxylation is 4. The number of hydrogen-bond donors (Lipinski definition) is 0. The van der Waals surface area contributed by atoms with Crippen LogP contribution in [0.15, 0.2) is 217 Å². The lowest BCUT2D eigenvalue weighted by molar-refractivity contribution is 0.668. The molecule has 0 amide bonds. The molecule has 0 fully saturated rings. The minimum atomic E-state index is -0.770. The van der Waals surface area contributed by atoms with E-state index in [-0.39, 0.29) is 0 Å². The van der Waals surface area contributed by atoms with Gasteiger partial charge in [0.2, 0.25) is 0 Å². The molecule has 4 heteroatoms. The summed E-state index contributed by atoms with van der Waals surface area (Å²) in [4.78, 5) is 10.3. The van der Waals surface area contributed by atoms with Crippen LogP contribution >= 0.6 is 0 Å². The molecule has 2 aliphatic rings. The van der Waals surface area contributed by atoms with E-state index in [2.05, 4.69) is 244 Å². The third kappa shape index (κ3) is 5.74. The van der Waals surface area contributed by atoms with Crippen LogP contribution in [0.2, 0.25) is 0 Å². The zero-order valence-electron chi connectivity index (χ0n) is 39.5. The van der Waals surface area contributed by atoms with Gasteiger partial charge in [-0.25, -0.2) is 0 Å². The highest BCUT2D eigenvalue weighted by Crippen LogP contribution is 2.66. The fraction of sp³-hybridized carbons (Fsp3) is 0.0758. The molecule has 1 spiro atoms. The number of benzene rings is 10. The summed E-state index contributed by atoms with van der Waals surface area (Å²) in [6.45, 7) is 8.77. The molecule has 10 aromatic carbocycles. The molecule has 12 aromatic rings. The maximum Gasteiger partial charge on any atom is 0.160 e. The summed E-state index contributed by atoms with van der Waals surface area (Å²) >= 11 is 0. The monoisotopic (exact) mass is 897 g/mol. The van der Waals surface area contributed by atoms with Crippen molar-refractivity contribution < 1.29 is 4.42 Å². The van der Waals surface area contributed by atoms with Crippen molar-refractivity contribution in [2.24, 2.45) is 0 Å². The number of hydrogen-bond acceptors (Lipinski definition) is 4. The Morgan fingerprint density at radius 3 is 1.61 bits per heavy atom. The molecule has 1 unspecified atom stereocenters. The van der Waals surface area contributed by atoms with Gasteiger partial charge in [-0.2, -0.15) is 0 Å². The minimum Gasteiger partial charge on any atom is -0.454 e. The van der Waals surface area contributed by atoms with Gasteiger partial charge in [0.05, 0.1) is 16.8 Å². The van der Waals surface area contributed by atoms with Gasteiger partial charge in [-0.3, -0.25) is 4.98 Å². The first-order chi connectivity index (χ1) is 34.3. The maximum atomic E-state index is 7.47. The highest BCUT2D eigenvalue weighted by atomic mass is 16.3. The molecule has 2 heterocycles. The van der Waals surface area contributed by atoms with E-state index in [1.54, 1.807) is 0 Å². The molecular formula is C66H47N3O. The summed E-state index contributed by atoms with van der Waals surface area (Å²) in [6.07, 6.45) is 1.99. The number of nitrogens with zero attached hydrogens (tertiary/aromatic N) is 3. The van der Waals surface area contributed by atoms with E-state index >= 15 is 0 Å². The summed E-state index contributed by atoms with van der Waals surface area (Å²) in [6, 6.07) is 76.0. The third-order valence-electron chi connectivity index (χ3n) is 15.1. The Kier molecular flexibility index (Phi) is 8.72. The van der Waals surface area contributed by atoms with E-state index < -0.39 is 5.41 Å². The van der Waals surface area contributed by atoms with Crippen LogP contribution in [-0.2, 0) is 5.41 Å². The van der Waals surface area contributed by atoms with E-state index in [4.69, 9.17) is 9.40 Å². The van der Waals surface area contributed by atoms with E-state index in [0.29, 0.717) is 0 Å². The lowest BCUT2D eigenvalue weighted by atomic mass is 9.71. The summed E-state index contributed by atoms with van der Waals surface area (Å²) in [5.74, 6) is 0. The third-order valence-corrected chi connectivity index (χ3v) is 15.1. The van der Waals surface area contributed by atoms with Crippen molar-refractivity contribution in [3.63, 3.8) is 0 Å². The zero-order valence-corrected chi connectivity index (χ0v) is 39.5. The predicted octanol–water partition coefficient (Wildman–Crippen LogP) is 17.8. The fourth-order valence-electron chi connectivity index (χ4n) is 12.0. The van der Waals surface area contributed by atoms with Gasteiger partial charge in [0.1, 0.15) is 5.58 Å². The van der Waals surface area contributed by atoms with Gasteiger partial charge in [0.25, 0.3) is 0 Å². The lowest BCUT2D eigenvalue weighted by Gasteiger charge is -2.32. The van der Waals surface area contributed by atoms with E-state index in [9.17, 15) is 0 Å². The second-order valence-electron chi connectivity index (χ2n) is 19.4. The van der Waals surface area contributed by atoms with E-state index in [0.717, 1.165) is 67.3 Å². The van der Waals surface area contributed by atoms with Gasteiger partial charge in [0, 0.05) is 51.0 Å². The van der Waals surface area contributed by atoms with Crippen LogP contribution in [0, 0.1) is 27.7 Å². The molecule has 70 heavy (non-hydrogen) atoms. The Balaban J connectivity index is 1.19. The largest absolute Gasteiger partial charge is 0.454 e. The number of fused-ring (bicyclic) bond motifs is 16. The molecule has 1 atom stereocenters. The van der Waals surface area contributed by atoms with Crippen LogP contribution in [-0.4, -0.2) is 4.98 Å². The van der Waals surface area contributed by atoms with Crippen LogP contribution in [0.4, 0.5) is 34.1 Å². The van der Waals surface area contributed by atoms with Crippen molar-refractivity contribution in [2.75, 3.05) is 9.80 Å². The van der Waals surface area contributed by atoms with Crippen LogP contribution < -0.4 is 9.80 Å². The molecule has 0 bridgehead atoms. The van der Waals surface area contributed by atoms with Crippen LogP contribution in [0.5, 0.6) is 0 Å². The molecule has 0 radical (unpaired) electrons. The van der Waals surface area contributed by atoms with Gasteiger partial charge in [-0.05, 0) is 196 Å². The summed E-state index contributed by atoms with van der Waals surface area (Å²) in [7, 11) is 0. The maximum absolute atomic E-state index is 7.47. The number of pyridine rings is 1. The number of furan rings is 1. The van der Waals surface area contributed by atoms with E-state index in [1.165, 1.54) is 77.2 Å². The first-order valence-corrected chi connectivity index (χ1v) is 24.3. The molecule has 0 saturated heterocycles. The van der Waals surface area contributed by atoms with Gasteiger partial charge in [0.15, 0.2) is 5.58 Å². The Morgan fingerprint density at radius 2 is 0.971 bits per heavy atom. The standard InChI is InChI=1S/C66H47N3O/c1-40-25-27-42(3)58(32-40)68(48-20-7-5-8-21-48)50-29-30-61-54(38-50)63-62-53-35-45-17-12-14-19-47(45)37-56(53)66(55-36-46-18-13-11-16-44(46)34-52(55)51-24-15-31-67-65(51)66)57(62)39-60(64(63)70-61)69(49-22-9-6-10-23-49)59-33-41(2)26-28-43(59)4/h5-39H,1-4H3. The molecule has 0 N–H and O–H groups in total. The molecule has 0 saturated carbocycles. The van der Waals surface area contributed by atoms with Crippen molar-refractivity contribution in [1.82, 2.24) is 4.98 Å². The van der Waals surface area contributed by atoms with Crippen LogP contribution in [0.25, 0.3) is 65.7 Å². The van der Waals surface area contributed by atoms with Crippen molar-refractivity contribution in [3.8, 4) is 22.3 Å². The SMILES string of the molecule is Cc1ccc(C)c(N(c2ccccc2)c2ccc3oc4c(N(c5ccccc5)c5cc(C)ccc5C)cc5c(c4c3c2)-c2cc3ccccc3cc2C52c3cc4ccccc4cc3-c3cccnc32)c1. The molecule has 2 aliphatic carbocycles. The molecule has 332 valence electrons. The van der Waals surface area contributed by atoms with Crippen LogP contribution in [0.3, 0.4) is 0 Å². The predicted molar refractivity (Wildman–Crippen MR) is 291 cm³/mol. The second kappa shape index (κ2) is 15.1. The molecule has 14 rings (SSSR count). The van der Waals surface area contributed by atoms with Gasteiger partial charge < -0.3 is 14.2 Å². The molecular weight excluding hydrogens is 851 g/mol. The first-order valence-electron chi connectivity index (χ1n) is 24.3. The smallest absolute Gasteiger partial charge is 0.160 e. The Hall–Kier alpha value is -8.73. The van der Waals surface area contributed by atoms with Crippen molar-refractivity contribution >= 4 is 77.6 Å². The second-order valence-corrected chi connectivity index (χ2v) is 19.4. The topological polar surface area (TPSA) is 32.5 Å². The summed E-state index contributed by atoms with van der Waals surface area (Å²) in [5.41, 5.74) is 21.6. The van der Waals surface area contributed by atoms with Crippen molar-refractivity contribution in [2.45, 2.75) is 33.1 Å². The molecule has 4 nitrogen and oxygen atoms in total. The van der Waals surface area contributed by atoms with Crippen LogP contribution in [0.1, 0.15) is 44.6 Å². The highest BCUT2D eigenvalue weighted by Gasteiger charge is 2.54. The van der Waals surface area contributed by atoms with Gasteiger partial charge in [-0.15, -0.1) is 0 Å². The quantitative estimate of drug-likeness (QED) is 0.166. The Morgan fingerprint density at radius 1 is 0.414 bits per heavy atom. The number of anilines is 6. The van der Waals surface area contributed by atoms with Crippen molar-refractivity contribution in [1.29, 1.82) is 0 Å². The van der Waals surface area contributed by atoms with Gasteiger partial charge >= 0.3 is 0 Å². The fourth-order valence-corrected chi connectivity index (χ4v) is 12.0. The van der Waals surface area contributed by atoms with E-state index in [1.807, 2.05) is 6.20 Å². The van der Waals surface area contributed by atoms with Gasteiger partial charge in [-0.1, -0.05) is 115 Å². The summed E-state index contributed by atoms with van der Waals surface area (Å²) < 4.78 is 7.47. The molecule has 2 aromatic heterocycles. The average molecular weight is 898 g/mol.